The van der Waals surface area contributed by atoms with Crippen molar-refractivity contribution in [1.82, 2.24) is 4.98 Å². The van der Waals surface area contributed by atoms with Crippen LogP contribution in [-0.2, 0) is 6.42 Å². The Morgan fingerprint density at radius 3 is 2.47 bits per heavy atom. The molecule has 0 spiro atoms. The number of aromatic nitrogens is 1. The Kier molecular flexibility index (Phi) is 5.38. The lowest BCUT2D eigenvalue weighted by atomic mass is 10.0. The largest absolute Gasteiger partial charge is 0.264 e. The average Bonchev–Trinajstić information content (AvgIpc) is 2.24. The zero-order valence-electron chi connectivity index (χ0n) is 10.3. The van der Waals surface area contributed by atoms with Crippen LogP contribution < -0.4 is 0 Å². The van der Waals surface area contributed by atoms with Gasteiger partial charge < -0.3 is 0 Å². The molecule has 0 unspecified atom stereocenters. The average molecular weight is 205 g/mol. The second-order valence-electron chi connectivity index (χ2n) is 4.40. The highest BCUT2D eigenvalue weighted by atomic mass is 14.6. The molecule has 1 aromatic rings. The van der Waals surface area contributed by atoms with Crippen molar-refractivity contribution in [3.8, 4) is 0 Å². The maximum absolute atomic E-state index is 4.26. The Bertz CT molecular complexity index is 291. The van der Waals surface area contributed by atoms with Crippen molar-refractivity contribution in [2.45, 2.75) is 59.3 Å². The number of hydrogen-bond donors (Lipinski definition) is 0. The van der Waals surface area contributed by atoms with Gasteiger partial charge in [-0.15, -0.1) is 0 Å². The summed E-state index contributed by atoms with van der Waals surface area (Å²) in [6.45, 7) is 6.61. The van der Waals surface area contributed by atoms with E-state index < -0.39 is 0 Å². The molecular weight excluding hydrogens is 182 g/mol. The maximum Gasteiger partial charge on any atom is 0.0302 e. The summed E-state index contributed by atoms with van der Waals surface area (Å²) in [5.74, 6) is 0. The molecule has 0 N–H and O–H groups in total. The van der Waals surface area contributed by atoms with Crippen molar-refractivity contribution in [2.75, 3.05) is 0 Å². The second kappa shape index (κ2) is 6.60. The first-order chi connectivity index (χ1) is 7.25. The standard InChI is InChI=1S/C14H23N/c1-4-5-6-7-8-9-14-11-15-10-12(2)13(14)3/h10-11H,4-9H2,1-3H3. The van der Waals surface area contributed by atoms with Crippen LogP contribution in [0.25, 0.3) is 0 Å². The van der Waals surface area contributed by atoms with Crippen LogP contribution in [-0.4, -0.2) is 4.98 Å². The smallest absolute Gasteiger partial charge is 0.0302 e. The molecule has 1 heterocycles. The number of hydrogen-bond acceptors (Lipinski definition) is 1. The van der Waals surface area contributed by atoms with Crippen molar-refractivity contribution in [3.05, 3.63) is 29.1 Å². The molecule has 0 aromatic carbocycles. The van der Waals surface area contributed by atoms with Gasteiger partial charge in [0.15, 0.2) is 0 Å². The Morgan fingerprint density at radius 2 is 1.73 bits per heavy atom. The minimum Gasteiger partial charge on any atom is -0.264 e. The quantitative estimate of drug-likeness (QED) is 0.634. The van der Waals surface area contributed by atoms with Crippen molar-refractivity contribution >= 4 is 0 Å². The molecule has 0 saturated carbocycles. The third-order valence-electron chi connectivity index (χ3n) is 3.12. The van der Waals surface area contributed by atoms with Gasteiger partial charge in [0.1, 0.15) is 0 Å². The van der Waals surface area contributed by atoms with Crippen molar-refractivity contribution in [3.63, 3.8) is 0 Å². The van der Waals surface area contributed by atoms with Crippen molar-refractivity contribution in [2.24, 2.45) is 0 Å². The van der Waals surface area contributed by atoms with Crippen LogP contribution in [0.1, 0.15) is 55.7 Å². The maximum atomic E-state index is 4.26. The highest BCUT2D eigenvalue weighted by molar-refractivity contribution is 5.29. The Labute approximate surface area is 93.9 Å². The minimum atomic E-state index is 1.20. The van der Waals surface area contributed by atoms with Gasteiger partial charge >= 0.3 is 0 Å². The van der Waals surface area contributed by atoms with Crippen molar-refractivity contribution < 1.29 is 0 Å². The molecule has 0 radical (unpaired) electrons. The van der Waals surface area contributed by atoms with Gasteiger partial charge in [-0.2, -0.15) is 0 Å². The molecule has 0 aliphatic heterocycles. The predicted molar refractivity (Wildman–Crippen MR) is 66.2 cm³/mol. The predicted octanol–water partition coefficient (Wildman–Crippen LogP) is 4.21. The molecule has 0 amide bonds. The zero-order valence-corrected chi connectivity index (χ0v) is 10.3. The molecule has 0 atom stereocenters. The van der Waals surface area contributed by atoms with E-state index >= 15 is 0 Å². The number of unbranched alkanes of at least 4 members (excludes halogenated alkanes) is 4. The summed E-state index contributed by atoms with van der Waals surface area (Å²) < 4.78 is 0. The van der Waals surface area contributed by atoms with Gasteiger partial charge in [0.05, 0.1) is 0 Å². The first-order valence-corrected chi connectivity index (χ1v) is 6.15. The third kappa shape index (κ3) is 4.03. The molecule has 15 heavy (non-hydrogen) atoms. The molecule has 0 aliphatic rings. The Hall–Kier alpha value is -0.850. The topological polar surface area (TPSA) is 12.9 Å². The summed E-state index contributed by atoms with van der Waals surface area (Å²) in [5, 5.41) is 0. The van der Waals surface area contributed by atoms with E-state index in [4.69, 9.17) is 0 Å². The monoisotopic (exact) mass is 205 g/mol. The first kappa shape index (κ1) is 12.2. The molecule has 0 bridgehead atoms. The molecule has 1 heteroatoms. The van der Waals surface area contributed by atoms with Gasteiger partial charge in [-0.25, -0.2) is 0 Å². The third-order valence-corrected chi connectivity index (χ3v) is 3.12. The van der Waals surface area contributed by atoms with Crippen molar-refractivity contribution in [1.29, 1.82) is 0 Å². The highest BCUT2D eigenvalue weighted by Gasteiger charge is 2.00. The number of nitrogens with zero attached hydrogens (tertiary/aromatic N) is 1. The second-order valence-corrected chi connectivity index (χ2v) is 4.40. The summed E-state index contributed by atoms with van der Waals surface area (Å²) in [6.07, 6.45) is 11.9. The summed E-state index contributed by atoms with van der Waals surface area (Å²) in [6, 6.07) is 0. The molecule has 0 aliphatic carbocycles. The van der Waals surface area contributed by atoms with Crippen LogP contribution in [0.4, 0.5) is 0 Å². The van der Waals surface area contributed by atoms with E-state index in [9.17, 15) is 0 Å². The number of pyridine rings is 1. The molecule has 0 fully saturated rings. The zero-order chi connectivity index (χ0) is 11.1. The SMILES string of the molecule is CCCCCCCc1cncc(C)c1C. The van der Waals surface area contributed by atoms with E-state index in [1.165, 1.54) is 55.2 Å². The molecule has 0 saturated heterocycles. The summed E-state index contributed by atoms with van der Waals surface area (Å²) in [4.78, 5) is 4.26. The lowest BCUT2D eigenvalue weighted by Gasteiger charge is -2.07. The van der Waals surface area contributed by atoms with E-state index in [1.807, 2.05) is 12.4 Å². The Morgan fingerprint density at radius 1 is 1.00 bits per heavy atom. The molecule has 1 aromatic heterocycles. The van der Waals surface area contributed by atoms with Gasteiger partial charge in [-0.3, -0.25) is 4.98 Å². The molecule has 84 valence electrons. The van der Waals surface area contributed by atoms with Crippen LogP contribution in [0.5, 0.6) is 0 Å². The summed E-state index contributed by atoms with van der Waals surface area (Å²) >= 11 is 0. The normalized spacial score (nSPS) is 10.6. The fourth-order valence-corrected chi connectivity index (χ4v) is 1.86. The van der Waals surface area contributed by atoms with Crippen LogP contribution in [0, 0.1) is 13.8 Å². The van der Waals surface area contributed by atoms with Gasteiger partial charge in [-0.05, 0) is 43.4 Å². The van der Waals surface area contributed by atoms with E-state index in [0.717, 1.165) is 0 Å². The highest BCUT2D eigenvalue weighted by Crippen LogP contribution is 2.14. The van der Waals surface area contributed by atoms with Gasteiger partial charge in [0, 0.05) is 12.4 Å². The van der Waals surface area contributed by atoms with E-state index in [-0.39, 0.29) is 0 Å². The Balaban J connectivity index is 2.34. The summed E-state index contributed by atoms with van der Waals surface area (Å²) in [7, 11) is 0. The van der Waals surface area contributed by atoms with Crippen LogP contribution in [0.15, 0.2) is 12.4 Å². The van der Waals surface area contributed by atoms with Gasteiger partial charge in [0.25, 0.3) is 0 Å². The van der Waals surface area contributed by atoms with E-state index in [1.54, 1.807) is 0 Å². The lowest BCUT2D eigenvalue weighted by molar-refractivity contribution is 0.631. The van der Waals surface area contributed by atoms with E-state index in [2.05, 4.69) is 25.8 Å². The van der Waals surface area contributed by atoms with Gasteiger partial charge in [-0.1, -0.05) is 32.6 Å². The first-order valence-electron chi connectivity index (χ1n) is 6.15. The fraction of sp³-hybridized carbons (Fsp3) is 0.643. The van der Waals surface area contributed by atoms with E-state index in [0.29, 0.717) is 0 Å². The minimum absolute atomic E-state index is 1.20. The lowest BCUT2D eigenvalue weighted by Crippen LogP contribution is -1.94. The van der Waals surface area contributed by atoms with Gasteiger partial charge in [0.2, 0.25) is 0 Å². The van der Waals surface area contributed by atoms with Crippen LogP contribution in [0.2, 0.25) is 0 Å². The number of aryl methyl sites for hydroxylation is 2. The molecular formula is C14H23N. The molecule has 1 rings (SSSR count). The fourth-order valence-electron chi connectivity index (χ4n) is 1.86. The summed E-state index contributed by atoms with van der Waals surface area (Å²) in [5.41, 5.74) is 4.19. The number of rotatable bonds is 6. The van der Waals surface area contributed by atoms with Crippen LogP contribution >= 0.6 is 0 Å². The molecule has 1 nitrogen and oxygen atoms in total. The van der Waals surface area contributed by atoms with Crippen LogP contribution in [0.3, 0.4) is 0 Å².